The van der Waals surface area contributed by atoms with Crippen LogP contribution in [-0.2, 0) is 20.3 Å². The zero-order chi connectivity index (χ0) is 15.9. The van der Waals surface area contributed by atoms with Crippen molar-refractivity contribution in [3.05, 3.63) is 46.6 Å². The Morgan fingerprint density at radius 2 is 1.17 bits per heavy atom. The van der Waals surface area contributed by atoms with Crippen LogP contribution in [0.2, 0.25) is 15.5 Å². The van der Waals surface area contributed by atoms with Gasteiger partial charge in [-0.15, -0.1) is 0 Å². The fraction of sp³-hybridized carbons (Fsp3) is 0.636. The van der Waals surface area contributed by atoms with Crippen LogP contribution < -0.4 is 12.4 Å². The Morgan fingerprint density at radius 1 is 0.750 bits per heavy atom. The van der Waals surface area contributed by atoms with Gasteiger partial charge < -0.3 is 12.4 Å². The van der Waals surface area contributed by atoms with Gasteiger partial charge in [-0.2, -0.15) is 0 Å². The fourth-order valence-corrected chi connectivity index (χ4v) is 19.9. The molecule has 0 N–H and O–H groups in total. The van der Waals surface area contributed by atoms with Crippen LogP contribution in [0.1, 0.15) is 65.2 Å². The second-order valence-corrected chi connectivity index (χ2v) is 20.7. The molecule has 0 amide bonds. The second kappa shape index (κ2) is 7.79. The van der Waals surface area contributed by atoms with Crippen molar-refractivity contribution in [1.29, 1.82) is 0 Å². The predicted molar refractivity (Wildman–Crippen MR) is 97.7 cm³/mol. The van der Waals surface area contributed by atoms with E-state index in [1.165, 1.54) is 59.6 Å². The number of hydrogen-bond donors (Lipinski definition) is 0. The Morgan fingerprint density at radius 3 is 1.58 bits per heavy atom. The van der Waals surface area contributed by atoms with Gasteiger partial charge >= 0.3 is 148 Å². The predicted octanol–water partition coefficient (Wildman–Crippen LogP) is 4.48. The summed E-state index contributed by atoms with van der Waals surface area (Å²) in [5.41, 5.74) is 7.33. The van der Waals surface area contributed by atoms with Gasteiger partial charge in [0.1, 0.15) is 0 Å². The summed E-state index contributed by atoms with van der Waals surface area (Å²) < 4.78 is 4.86. The topological polar surface area (TPSA) is 0 Å². The molecule has 132 valence electrons. The Balaban J connectivity index is 0.00000169. The van der Waals surface area contributed by atoms with Crippen molar-refractivity contribution in [2.75, 3.05) is 0 Å². The van der Waals surface area contributed by atoms with E-state index in [-0.39, 0.29) is 12.4 Å². The summed E-state index contributed by atoms with van der Waals surface area (Å²) in [5, 5.41) is 0. The van der Waals surface area contributed by atoms with E-state index in [0.29, 0.717) is 0 Å². The summed E-state index contributed by atoms with van der Waals surface area (Å²) >= 11 is -2.31. The van der Waals surface area contributed by atoms with Gasteiger partial charge in [0.15, 0.2) is 0 Å². The third-order valence-corrected chi connectivity index (χ3v) is 22.6. The molecular formula is C22H32ClZr-. The molecule has 2 heteroatoms. The molecule has 0 bridgehead atoms. The average molecular weight is 423 g/mol. The quantitative estimate of drug-likeness (QED) is 0.626. The normalized spacial score (nSPS) is 28.9. The number of halogens is 1. The first-order chi connectivity index (χ1) is 11.3. The molecule has 0 saturated carbocycles. The maximum absolute atomic E-state index is 2.69. The Kier molecular flexibility index (Phi) is 6.14. The minimum atomic E-state index is -2.31. The van der Waals surface area contributed by atoms with Gasteiger partial charge in [-0.1, -0.05) is 0 Å². The van der Waals surface area contributed by atoms with Gasteiger partial charge in [0.05, 0.1) is 0 Å². The van der Waals surface area contributed by atoms with Crippen molar-refractivity contribution in [2.24, 2.45) is 0 Å². The van der Waals surface area contributed by atoms with E-state index < -0.39 is 20.3 Å². The van der Waals surface area contributed by atoms with E-state index in [0.717, 1.165) is 7.25 Å². The summed E-state index contributed by atoms with van der Waals surface area (Å²) in [6.45, 7) is 5.09. The van der Waals surface area contributed by atoms with Gasteiger partial charge in [0.25, 0.3) is 0 Å². The van der Waals surface area contributed by atoms with E-state index >= 15 is 0 Å². The van der Waals surface area contributed by atoms with E-state index in [9.17, 15) is 0 Å². The molecule has 0 aromatic rings. The fourth-order valence-electron chi connectivity index (χ4n) is 6.05. The van der Waals surface area contributed by atoms with Crippen LogP contribution in [-0.4, -0.2) is 0 Å². The third kappa shape index (κ3) is 2.92. The molecule has 4 rings (SSSR count). The number of rotatable bonds is 4. The van der Waals surface area contributed by atoms with Crippen LogP contribution in [0.4, 0.5) is 0 Å². The summed E-state index contributed by atoms with van der Waals surface area (Å²) in [5.74, 6) is 0. The maximum atomic E-state index is 2.69. The molecule has 0 nitrogen and oxygen atoms in total. The summed E-state index contributed by atoms with van der Waals surface area (Å²) in [7, 11) is 0. The average Bonchev–Trinajstić information content (AvgIpc) is 3.23. The summed E-state index contributed by atoms with van der Waals surface area (Å²) in [6.07, 6.45) is 21.8. The number of allylic oxidation sites excluding steroid dienone is 8. The van der Waals surface area contributed by atoms with Gasteiger partial charge in [0, 0.05) is 0 Å². The number of hydrogen-bond acceptors (Lipinski definition) is 0. The molecule has 2 unspecified atom stereocenters. The minimum absolute atomic E-state index is 0. The van der Waals surface area contributed by atoms with E-state index in [1.807, 2.05) is 11.1 Å². The molecule has 0 radical (unpaired) electrons. The Hall–Kier alpha value is 0.133. The van der Waals surface area contributed by atoms with Gasteiger partial charge in [0.2, 0.25) is 0 Å². The van der Waals surface area contributed by atoms with Gasteiger partial charge in [-0.25, -0.2) is 0 Å². The molecule has 24 heavy (non-hydrogen) atoms. The molecule has 0 aromatic heterocycles. The van der Waals surface area contributed by atoms with Crippen molar-refractivity contribution in [3.63, 3.8) is 0 Å². The van der Waals surface area contributed by atoms with Crippen LogP contribution in [0.5, 0.6) is 0 Å². The zero-order valence-electron chi connectivity index (χ0n) is 15.4. The van der Waals surface area contributed by atoms with Crippen molar-refractivity contribution in [3.8, 4) is 0 Å². The summed E-state index contributed by atoms with van der Waals surface area (Å²) in [6, 6.07) is 0. The monoisotopic (exact) mass is 421 g/mol. The van der Waals surface area contributed by atoms with E-state index in [4.69, 9.17) is 0 Å². The summed E-state index contributed by atoms with van der Waals surface area (Å²) in [4.78, 5) is 0. The first-order valence-corrected chi connectivity index (χ1v) is 16.4. The first kappa shape index (κ1) is 18.9. The van der Waals surface area contributed by atoms with Gasteiger partial charge in [-0.05, 0) is 0 Å². The SMILES string of the molecule is C[CH2][Zr]([CH2]C)([CH]1C=CC2=C1CCCC2)[CH]1C=CC2=C1CCCC2.[Cl-]. The van der Waals surface area contributed by atoms with Crippen molar-refractivity contribution in [1.82, 2.24) is 0 Å². The van der Waals surface area contributed by atoms with Crippen LogP contribution in [0.25, 0.3) is 0 Å². The Bertz CT molecular complexity index is 553. The van der Waals surface area contributed by atoms with Crippen molar-refractivity contribution < 1.29 is 32.7 Å². The molecular weight excluding hydrogens is 391 g/mol. The van der Waals surface area contributed by atoms with Crippen LogP contribution in [0, 0.1) is 0 Å². The third-order valence-electron chi connectivity index (χ3n) is 7.40. The first-order valence-electron chi connectivity index (χ1n) is 10.1. The second-order valence-electron chi connectivity index (χ2n) is 8.13. The molecule has 0 saturated heterocycles. The van der Waals surface area contributed by atoms with Gasteiger partial charge in [-0.3, -0.25) is 0 Å². The molecule has 0 heterocycles. The maximum Gasteiger partial charge on any atom is -1.00 e. The molecule has 0 fully saturated rings. The van der Waals surface area contributed by atoms with E-state index in [1.54, 1.807) is 11.1 Å². The van der Waals surface area contributed by atoms with E-state index in [2.05, 4.69) is 38.2 Å². The minimum Gasteiger partial charge on any atom is -1.00 e. The molecule has 0 spiro atoms. The molecule has 2 atom stereocenters. The van der Waals surface area contributed by atoms with Crippen LogP contribution >= 0.6 is 0 Å². The molecule has 0 aromatic carbocycles. The molecule has 0 aliphatic heterocycles. The Labute approximate surface area is 159 Å². The molecule has 4 aliphatic carbocycles. The van der Waals surface area contributed by atoms with Crippen LogP contribution in [0.3, 0.4) is 0 Å². The smallest absolute Gasteiger partial charge is 1.00 e. The largest absolute Gasteiger partial charge is 1.00 e. The zero-order valence-corrected chi connectivity index (χ0v) is 18.6. The van der Waals surface area contributed by atoms with Crippen LogP contribution in [0.15, 0.2) is 46.6 Å². The molecule has 4 aliphatic rings. The van der Waals surface area contributed by atoms with Crippen molar-refractivity contribution >= 4 is 0 Å². The van der Waals surface area contributed by atoms with Crippen molar-refractivity contribution in [2.45, 2.75) is 80.7 Å². The standard InChI is InChI=1S/2C9H11.2C2H5.ClH.Zr/c2*1-2-5-9-7-3-6-8(9)4-1;2*1-2;;/h2*3,6-7H,1-2,4-5H2;2*1H2,2H3;1H;/p-1.